The second kappa shape index (κ2) is 6.14. The van der Waals surface area contributed by atoms with Gasteiger partial charge in [-0.1, -0.05) is 0 Å². The summed E-state index contributed by atoms with van der Waals surface area (Å²) < 4.78 is 31.2. The molecule has 1 saturated heterocycles. The molecule has 0 aliphatic carbocycles. The van der Waals surface area contributed by atoms with Gasteiger partial charge in [0.2, 0.25) is 5.09 Å². The number of sulfonamides is 1. The minimum Gasteiger partial charge on any atom is -0.440 e. The Kier molecular flexibility index (Phi) is 4.77. The monoisotopic (exact) mass is 307 g/mol. The molecule has 0 aromatic carbocycles. The van der Waals surface area contributed by atoms with Crippen molar-refractivity contribution < 1.29 is 17.6 Å². The smallest absolute Gasteiger partial charge is 0.274 e. The predicted octanol–water partition coefficient (Wildman–Crippen LogP) is 1.22. The minimum absolute atomic E-state index is 0.0120. The van der Waals surface area contributed by atoms with E-state index in [0.717, 1.165) is 17.3 Å². The van der Waals surface area contributed by atoms with Gasteiger partial charge in [0.15, 0.2) is 12.0 Å². The van der Waals surface area contributed by atoms with Crippen LogP contribution in [0.5, 0.6) is 0 Å². The van der Waals surface area contributed by atoms with Gasteiger partial charge in [-0.05, 0) is 12.1 Å². The van der Waals surface area contributed by atoms with E-state index >= 15 is 0 Å². The highest BCUT2D eigenvalue weighted by Gasteiger charge is 2.22. The van der Waals surface area contributed by atoms with Crippen molar-refractivity contribution in [1.82, 2.24) is 4.72 Å². The summed E-state index contributed by atoms with van der Waals surface area (Å²) in [7, 11) is -3.65. The van der Waals surface area contributed by atoms with Crippen molar-refractivity contribution in [3.05, 3.63) is 17.9 Å². The normalized spacial score (nSPS) is 20.8. The van der Waals surface area contributed by atoms with Gasteiger partial charge >= 0.3 is 0 Å². The molecule has 0 amide bonds. The van der Waals surface area contributed by atoms with Gasteiger partial charge in [-0.25, -0.2) is 13.1 Å². The van der Waals surface area contributed by atoms with Crippen LogP contribution in [0, 0.1) is 0 Å². The van der Waals surface area contributed by atoms with Gasteiger partial charge in [0, 0.05) is 29.1 Å². The van der Waals surface area contributed by atoms with Gasteiger partial charge in [0.1, 0.15) is 0 Å². The van der Waals surface area contributed by atoms with Crippen LogP contribution in [0.3, 0.4) is 0 Å². The Labute approximate surface area is 114 Å². The SMILES string of the molecule is O=Cc1ccc(S(=O)(=O)NCC2CSCCS2)o1. The lowest BCUT2D eigenvalue weighted by atomic mass is 10.5. The number of aldehydes is 1. The summed E-state index contributed by atoms with van der Waals surface area (Å²) >= 11 is 3.61. The Balaban J connectivity index is 1.96. The summed E-state index contributed by atoms with van der Waals surface area (Å²) in [5.41, 5.74) is 0. The van der Waals surface area contributed by atoms with E-state index in [-0.39, 0.29) is 10.9 Å². The van der Waals surface area contributed by atoms with Crippen LogP contribution >= 0.6 is 23.5 Å². The molecular formula is C10H13NO4S3. The Hall–Kier alpha value is -0.440. The van der Waals surface area contributed by atoms with E-state index in [1.807, 2.05) is 11.8 Å². The van der Waals surface area contributed by atoms with Crippen LogP contribution in [0.2, 0.25) is 0 Å². The fraction of sp³-hybridized carbons (Fsp3) is 0.500. The van der Waals surface area contributed by atoms with Crippen molar-refractivity contribution in [3.63, 3.8) is 0 Å². The quantitative estimate of drug-likeness (QED) is 0.824. The molecule has 0 bridgehead atoms. The average Bonchev–Trinajstić information content (AvgIpc) is 2.87. The molecule has 2 heterocycles. The van der Waals surface area contributed by atoms with E-state index in [9.17, 15) is 13.2 Å². The molecular weight excluding hydrogens is 294 g/mol. The fourth-order valence-electron chi connectivity index (χ4n) is 1.47. The zero-order valence-corrected chi connectivity index (χ0v) is 11.9. The van der Waals surface area contributed by atoms with Crippen LogP contribution < -0.4 is 4.72 Å². The molecule has 0 saturated carbocycles. The lowest BCUT2D eigenvalue weighted by Gasteiger charge is -2.20. The summed E-state index contributed by atoms with van der Waals surface area (Å²) in [6, 6.07) is 2.63. The number of hydrogen-bond acceptors (Lipinski definition) is 6. The number of carbonyl (C=O) groups excluding carboxylic acids is 1. The van der Waals surface area contributed by atoms with Gasteiger partial charge in [-0.2, -0.15) is 23.5 Å². The van der Waals surface area contributed by atoms with Crippen molar-refractivity contribution >= 4 is 39.8 Å². The highest BCUT2D eigenvalue weighted by Crippen LogP contribution is 2.23. The molecule has 1 N–H and O–H groups in total. The summed E-state index contributed by atoms with van der Waals surface area (Å²) in [6.07, 6.45) is 0.479. The Bertz CT molecular complexity index is 505. The van der Waals surface area contributed by atoms with E-state index in [2.05, 4.69) is 4.72 Å². The standard InChI is InChI=1S/C10H13NO4S3/c12-6-8-1-2-10(15-8)18(13,14)11-5-9-7-16-3-4-17-9/h1-2,6,9,11H,3-5,7H2. The minimum atomic E-state index is -3.65. The molecule has 1 aromatic rings. The Morgan fingerprint density at radius 3 is 2.89 bits per heavy atom. The first-order chi connectivity index (χ1) is 8.62. The molecule has 1 unspecified atom stereocenters. The molecule has 1 aromatic heterocycles. The van der Waals surface area contributed by atoms with Crippen LogP contribution in [-0.2, 0) is 10.0 Å². The number of hydrogen-bond donors (Lipinski definition) is 1. The van der Waals surface area contributed by atoms with Crippen molar-refractivity contribution in [3.8, 4) is 0 Å². The van der Waals surface area contributed by atoms with Crippen molar-refractivity contribution in [1.29, 1.82) is 0 Å². The van der Waals surface area contributed by atoms with Gasteiger partial charge in [-0.15, -0.1) is 0 Å². The first-order valence-electron chi connectivity index (χ1n) is 5.36. The predicted molar refractivity (Wildman–Crippen MR) is 72.9 cm³/mol. The summed E-state index contributed by atoms with van der Waals surface area (Å²) in [4.78, 5) is 10.4. The second-order valence-electron chi connectivity index (χ2n) is 3.69. The zero-order chi connectivity index (χ0) is 13.0. The first kappa shape index (κ1) is 14.0. The third-order valence-electron chi connectivity index (χ3n) is 2.37. The topological polar surface area (TPSA) is 76.4 Å². The molecule has 1 fully saturated rings. The maximum absolute atomic E-state index is 11.9. The van der Waals surface area contributed by atoms with Gasteiger partial charge < -0.3 is 4.42 Å². The summed E-state index contributed by atoms with van der Waals surface area (Å²) in [5.74, 6) is 3.13. The van der Waals surface area contributed by atoms with E-state index in [0.29, 0.717) is 18.1 Å². The van der Waals surface area contributed by atoms with E-state index < -0.39 is 10.0 Å². The first-order valence-corrected chi connectivity index (χ1v) is 9.04. The van der Waals surface area contributed by atoms with Crippen LogP contribution in [-0.4, -0.2) is 43.8 Å². The molecule has 18 heavy (non-hydrogen) atoms. The second-order valence-corrected chi connectivity index (χ2v) is 7.95. The summed E-state index contributed by atoms with van der Waals surface area (Å²) in [6.45, 7) is 0.386. The van der Waals surface area contributed by atoms with Gasteiger partial charge in [-0.3, -0.25) is 4.79 Å². The summed E-state index contributed by atoms with van der Waals surface area (Å²) in [5, 5.41) is 0.0806. The Morgan fingerprint density at radius 1 is 1.44 bits per heavy atom. The molecule has 0 spiro atoms. The maximum atomic E-state index is 11.9. The highest BCUT2D eigenvalue weighted by molar-refractivity contribution is 8.06. The van der Waals surface area contributed by atoms with Crippen molar-refractivity contribution in [2.24, 2.45) is 0 Å². The van der Waals surface area contributed by atoms with Crippen LogP contribution in [0.15, 0.2) is 21.6 Å². The number of nitrogens with one attached hydrogen (secondary N) is 1. The van der Waals surface area contributed by atoms with Crippen LogP contribution in [0.25, 0.3) is 0 Å². The number of furan rings is 1. The van der Waals surface area contributed by atoms with Gasteiger partial charge in [0.25, 0.3) is 10.0 Å². The molecule has 2 rings (SSSR count). The third kappa shape index (κ3) is 3.53. The molecule has 0 radical (unpaired) electrons. The molecule has 8 heteroatoms. The highest BCUT2D eigenvalue weighted by atomic mass is 32.2. The third-order valence-corrected chi connectivity index (χ3v) is 6.51. The van der Waals surface area contributed by atoms with Crippen molar-refractivity contribution in [2.45, 2.75) is 10.3 Å². The molecule has 100 valence electrons. The van der Waals surface area contributed by atoms with Crippen LogP contribution in [0.4, 0.5) is 0 Å². The number of carbonyl (C=O) groups is 1. The molecule has 1 atom stereocenters. The molecule has 1 aliphatic heterocycles. The lowest BCUT2D eigenvalue weighted by Crippen LogP contribution is -2.33. The maximum Gasteiger partial charge on any atom is 0.274 e. The number of thioether (sulfide) groups is 2. The zero-order valence-electron chi connectivity index (χ0n) is 9.50. The fourth-order valence-corrected chi connectivity index (χ4v) is 5.20. The Morgan fingerprint density at radius 2 is 2.28 bits per heavy atom. The lowest BCUT2D eigenvalue weighted by molar-refractivity contribution is 0.109. The van der Waals surface area contributed by atoms with E-state index in [1.54, 1.807) is 11.8 Å². The van der Waals surface area contributed by atoms with E-state index in [1.165, 1.54) is 12.1 Å². The average molecular weight is 307 g/mol. The molecule has 1 aliphatic rings. The molecule has 5 nitrogen and oxygen atoms in total. The largest absolute Gasteiger partial charge is 0.440 e. The van der Waals surface area contributed by atoms with Gasteiger partial charge in [0.05, 0.1) is 0 Å². The van der Waals surface area contributed by atoms with Crippen molar-refractivity contribution in [2.75, 3.05) is 23.8 Å². The van der Waals surface area contributed by atoms with E-state index in [4.69, 9.17) is 4.42 Å². The van der Waals surface area contributed by atoms with Crippen LogP contribution in [0.1, 0.15) is 10.6 Å². The number of rotatable bonds is 5.